The molecule has 0 radical (unpaired) electrons. The SMILES string of the molecule is CC1=CC(C(=O)N2CCCC2CCN2CCC(C(=O)c3ccc(F)cc3)CC2)=NCC1. The lowest BCUT2D eigenvalue weighted by Gasteiger charge is -2.33. The predicted octanol–water partition coefficient (Wildman–Crippen LogP) is 3.89. The third-order valence-electron chi connectivity index (χ3n) is 6.89. The number of aliphatic imine (C=N–C) groups is 1. The van der Waals surface area contributed by atoms with Gasteiger partial charge in [-0.1, -0.05) is 5.57 Å². The van der Waals surface area contributed by atoms with Gasteiger partial charge in [0, 0.05) is 37.2 Å². The number of amides is 1. The molecule has 3 heterocycles. The van der Waals surface area contributed by atoms with Gasteiger partial charge in [0.25, 0.3) is 5.91 Å². The van der Waals surface area contributed by atoms with Crippen molar-refractivity contribution in [2.75, 3.05) is 32.7 Å². The molecule has 0 spiro atoms. The van der Waals surface area contributed by atoms with Crippen LogP contribution in [-0.2, 0) is 4.79 Å². The lowest BCUT2D eigenvalue weighted by atomic mass is 9.88. The molecule has 3 aliphatic heterocycles. The van der Waals surface area contributed by atoms with Crippen LogP contribution in [0.4, 0.5) is 4.39 Å². The van der Waals surface area contributed by atoms with E-state index in [9.17, 15) is 14.0 Å². The van der Waals surface area contributed by atoms with E-state index in [-0.39, 0.29) is 29.5 Å². The first-order valence-electron chi connectivity index (χ1n) is 11.6. The largest absolute Gasteiger partial charge is 0.334 e. The molecule has 3 aliphatic rings. The van der Waals surface area contributed by atoms with Crippen molar-refractivity contribution in [2.24, 2.45) is 10.9 Å². The normalized spacial score (nSPS) is 22.9. The summed E-state index contributed by atoms with van der Waals surface area (Å²) < 4.78 is 13.1. The molecule has 2 saturated heterocycles. The standard InChI is InChI=1S/C25H32FN3O2/c1-18-8-12-27-23(17-18)25(31)29-13-2-3-22(29)11-16-28-14-9-20(10-15-28)24(30)19-4-6-21(26)7-5-19/h4-7,17,20,22H,2-3,8-16H2,1H3. The number of carbonyl (C=O) groups excluding carboxylic acids is 2. The highest BCUT2D eigenvalue weighted by Gasteiger charge is 2.32. The van der Waals surface area contributed by atoms with E-state index in [0.29, 0.717) is 17.8 Å². The van der Waals surface area contributed by atoms with Crippen LogP contribution in [-0.4, -0.2) is 66.0 Å². The zero-order valence-corrected chi connectivity index (χ0v) is 18.4. The number of hydrogen-bond donors (Lipinski definition) is 0. The third kappa shape index (κ3) is 5.29. The molecule has 1 aromatic rings. The number of Topliss-reactive ketones (excluding diaryl/α,β-unsaturated/α-hetero) is 1. The number of rotatable bonds is 6. The summed E-state index contributed by atoms with van der Waals surface area (Å²) in [5, 5.41) is 0. The molecule has 1 atom stereocenters. The zero-order chi connectivity index (χ0) is 21.8. The van der Waals surface area contributed by atoms with Crippen molar-refractivity contribution >= 4 is 17.4 Å². The Morgan fingerprint density at radius 1 is 1.10 bits per heavy atom. The molecule has 0 aromatic heterocycles. The van der Waals surface area contributed by atoms with Gasteiger partial charge >= 0.3 is 0 Å². The van der Waals surface area contributed by atoms with Crippen molar-refractivity contribution in [3.05, 3.63) is 47.3 Å². The first kappa shape index (κ1) is 21.9. The molecule has 1 aromatic carbocycles. The Bertz CT molecular complexity index is 869. The van der Waals surface area contributed by atoms with Crippen molar-refractivity contribution in [3.63, 3.8) is 0 Å². The summed E-state index contributed by atoms with van der Waals surface area (Å²) in [6.45, 7) is 6.35. The second kappa shape index (κ2) is 9.86. The Labute approximate surface area is 184 Å². The number of benzene rings is 1. The highest BCUT2D eigenvalue weighted by molar-refractivity contribution is 6.43. The minimum atomic E-state index is -0.312. The summed E-state index contributed by atoms with van der Waals surface area (Å²) in [5.41, 5.74) is 2.46. The van der Waals surface area contributed by atoms with Gasteiger partial charge in [-0.2, -0.15) is 0 Å². The molecule has 0 N–H and O–H groups in total. The Morgan fingerprint density at radius 2 is 1.84 bits per heavy atom. The van der Waals surface area contributed by atoms with Gasteiger partial charge < -0.3 is 9.80 Å². The number of hydrogen-bond acceptors (Lipinski definition) is 4. The summed E-state index contributed by atoms with van der Waals surface area (Å²) in [6.07, 6.45) is 7.65. The number of carbonyl (C=O) groups is 2. The van der Waals surface area contributed by atoms with Crippen LogP contribution in [0.5, 0.6) is 0 Å². The van der Waals surface area contributed by atoms with E-state index in [0.717, 1.165) is 64.7 Å². The molecule has 4 rings (SSSR count). The second-order valence-electron chi connectivity index (χ2n) is 9.08. The van der Waals surface area contributed by atoms with Gasteiger partial charge in [-0.3, -0.25) is 14.6 Å². The van der Waals surface area contributed by atoms with Crippen molar-refractivity contribution in [3.8, 4) is 0 Å². The van der Waals surface area contributed by atoms with E-state index in [1.165, 1.54) is 17.7 Å². The number of piperidine rings is 1. The van der Waals surface area contributed by atoms with E-state index in [1.807, 2.05) is 11.0 Å². The second-order valence-corrected chi connectivity index (χ2v) is 9.08. The summed E-state index contributed by atoms with van der Waals surface area (Å²) in [6, 6.07) is 6.16. The van der Waals surface area contributed by atoms with E-state index in [4.69, 9.17) is 0 Å². The number of halogens is 1. The Morgan fingerprint density at radius 3 is 2.55 bits per heavy atom. The summed E-state index contributed by atoms with van der Waals surface area (Å²) in [7, 11) is 0. The molecule has 0 bridgehead atoms. The Balaban J connectivity index is 1.25. The fraction of sp³-hybridized carbons (Fsp3) is 0.560. The Kier molecular flexibility index (Phi) is 6.96. The van der Waals surface area contributed by atoms with Crippen LogP contribution in [0, 0.1) is 11.7 Å². The van der Waals surface area contributed by atoms with Crippen LogP contribution < -0.4 is 0 Å². The molecule has 1 amide bonds. The molecule has 6 heteroatoms. The average Bonchev–Trinajstić information content (AvgIpc) is 3.26. The third-order valence-corrected chi connectivity index (χ3v) is 6.89. The van der Waals surface area contributed by atoms with E-state index in [2.05, 4.69) is 16.8 Å². The quantitative estimate of drug-likeness (QED) is 0.650. The summed E-state index contributed by atoms with van der Waals surface area (Å²) >= 11 is 0. The highest BCUT2D eigenvalue weighted by Crippen LogP contribution is 2.25. The van der Waals surface area contributed by atoms with Gasteiger partial charge in [-0.25, -0.2) is 4.39 Å². The Hall–Kier alpha value is -2.34. The molecule has 0 aliphatic carbocycles. The van der Waals surface area contributed by atoms with E-state index in [1.54, 1.807) is 12.1 Å². The monoisotopic (exact) mass is 425 g/mol. The van der Waals surface area contributed by atoms with Gasteiger partial charge in [0.05, 0.1) is 0 Å². The van der Waals surface area contributed by atoms with Gasteiger partial charge in [-0.15, -0.1) is 0 Å². The molecule has 5 nitrogen and oxygen atoms in total. The maximum absolute atomic E-state index is 13.1. The van der Waals surface area contributed by atoms with Crippen molar-refractivity contribution in [1.29, 1.82) is 0 Å². The minimum absolute atomic E-state index is 0.0191. The molecular formula is C25H32FN3O2. The van der Waals surface area contributed by atoms with Gasteiger partial charge in [0.2, 0.25) is 0 Å². The molecule has 166 valence electrons. The predicted molar refractivity (Wildman–Crippen MR) is 120 cm³/mol. The van der Waals surface area contributed by atoms with Crippen molar-refractivity contribution < 1.29 is 14.0 Å². The summed E-state index contributed by atoms with van der Waals surface area (Å²) in [4.78, 5) is 34.5. The molecule has 1 unspecified atom stereocenters. The van der Waals surface area contributed by atoms with Crippen LogP contribution in [0.2, 0.25) is 0 Å². The number of likely N-dealkylation sites (tertiary alicyclic amines) is 2. The number of nitrogens with zero attached hydrogens (tertiary/aromatic N) is 3. The van der Waals surface area contributed by atoms with Crippen LogP contribution in [0.1, 0.15) is 55.8 Å². The minimum Gasteiger partial charge on any atom is -0.334 e. The van der Waals surface area contributed by atoms with Crippen molar-refractivity contribution in [2.45, 2.75) is 51.5 Å². The molecule has 31 heavy (non-hydrogen) atoms. The molecule has 0 saturated carbocycles. The topological polar surface area (TPSA) is 53.0 Å². The lowest BCUT2D eigenvalue weighted by molar-refractivity contribution is -0.125. The lowest BCUT2D eigenvalue weighted by Crippen LogP contribution is -2.43. The fourth-order valence-corrected chi connectivity index (χ4v) is 4.98. The van der Waals surface area contributed by atoms with Crippen LogP contribution in [0.3, 0.4) is 0 Å². The zero-order valence-electron chi connectivity index (χ0n) is 18.4. The van der Waals surface area contributed by atoms with E-state index < -0.39 is 0 Å². The highest BCUT2D eigenvalue weighted by atomic mass is 19.1. The molecular weight excluding hydrogens is 393 g/mol. The number of dihydropyridines is 1. The average molecular weight is 426 g/mol. The van der Waals surface area contributed by atoms with Gasteiger partial charge in [0.15, 0.2) is 5.78 Å². The molecule has 2 fully saturated rings. The fourth-order valence-electron chi connectivity index (χ4n) is 4.98. The van der Waals surface area contributed by atoms with Gasteiger partial charge in [0.1, 0.15) is 11.5 Å². The van der Waals surface area contributed by atoms with Crippen LogP contribution in [0.25, 0.3) is 0 Å². The number of ketones is 1. The first-order valence-corrected chi connectivity index (χ1v) is 11.6. The van der Waals surface area contributed by atoms with E-state index >= 15 is 0 Å². The first-order chi connectivity index (χ1) is 15.0. The van der Waals surface area contributed by atoms with Crippen LogP contribution >= 0.6 is 0 Å². The summed E-state index contributed by atoms with van der Waals surface area (Å²) in [5.74, 6) is -0.0768. The van der Waals surface area contributed by atoms with Gasteiger partial charge in [-0.05, 0) is 88.9 Å². The van der Waals surface area contributed by atoms with Crippen molar-refractivity contribution in [1.82, 2.24) is 9.80 Å². The smallest absolute Gasteiger partial charge is 0.272 e. The van der Waals surface area contributed by atoms with Crippen LogP contribution in [0.15, 0.2) is 40.9 Å². The maximum atomic E-state index is 13.1. The maximum Gasteiger partial charge on any atom is 0.272 e.